The Hall–Kier alpha value is -3.25. The third-order valence-electron chi connectivity index (χ3n) is 4.22. The molecule has 0 atom stereocenters. The summed E-state index contributed by atoms with van der Waals surface area (Å²) in [5.74, 6) is -1.07. The van der Waals surface area contributed by atoms with Crippen LogP contribution in [0.25, 0.3) is 10.4 Å². The molecule has 0 saturated heterocycles. The summed E-state index contributed by atoms with van der Waals surface area (Å²) in [7, 11) is 0. The smallest absolute Gasteiger partial charge is 0.294 e. The molecule has 0 bridgehead atoms. The minimum Gasteiger partial charge on any atom is -0.459 e. The lowest BCUT2D eigenvalue weighted by atomic mass is 10.2. The van der Waals surface area contributed by atoms with Gasteiger partial charge >= 0.3 is 0 Å². The van der Waals surface area contributed by atoms with Crippen LogP contribution in [0.3, 0.4) is 0 Å². The van der Waals surface area contributed by atoms with Crippen molar-refractivity contribution in [1.29, 1.82) is 0 Å². The zero-order chi connectivity index (χ0) is 19.5. The van der Waals surface area contributed by atoms with Crippen molar-refractivity contribution in [1.82, 2.24) is 0 Å². The molecular formula is C22H15F2NO2S. The van der Waals surface area contributed by atoms with Crippen molar-refractivity contribution in [3.05, 3.63) is 101 Å². The van der Waals surface area contributed by atoms with E-state index in [0.29, 0.717) is 0 Å². The van der Waals surface area contributed by atoms with Gasteiger partial charge in [-0.1, -0.05) is 24.3 Å². The van der Waals surface area contributed by atoms with Crippen LogP contribution in [0.5, 0.6) is 0 Å². The zero-order valence-corrected chi connectivity index (χ0v) is 15.5. The molecule has 4 rings (SSSR count). The summed E-state index contributed by atoms with van der Waals surface area (Å²) in [5.41, 5.74) is 1.06. The summed E-state index contributed by atoms with van der Waals surface area (Å²) in [6, 6.07) is 19.3. The molecule has 0 spiro atoms. The van der Waals surface area contributed by atoms with E-state index < -0.39 is 11.7 Å². The lowest BCUT2D eigenvalue weighted by molar-refractivity contribution is 0.0957. The second kappa shape index (κ2) is 7.78. The van der Waals surface area contributed by atoms with Crippen LogP contribution in [-0.2, 0) is 6.54 Å². The Kier molecular flexibility index (Phi) is 5.04. The Morgan fingerprint density at radius 1 is 0.929 bits per heavy atom. The monoisotopic (exact) mass is 395 g/mol. The molecule has 28 heavy (non-hydrogen) atoms. The molecule has 0 aliphatic carbocycles. The number of benzene rings is 2. The van der Waals surface area contributed by atoms with Crippen molar-refractivity contribution in [3.8, 4) is 10.4 Å². The first kappa shape index (κ1) is 18.1. The molecule has 0 unspecified atom stereocenters. The highest BCUT2D eigenvalue weighted by atomic mass is 32.1. The molecule has 0 radical (unpaired) electrons. The number of rotatable bonds is 5. The third-order valence-corrected chi connectivity index (χ3v) is 5.34. The molecule has 0 fully saturated rings. The molecular weight excluding hydrogens is 380 g/mol. The van der Waals surface area contributed by atoms with Crippen molar-refractivity contribution in [3.63, 3.8) is 0 Å². The summed E-state index contributed by atoms with van der Waals surface area (Å²) in [5, 5.41) is 0. The molecule has 4 aromatic rings. The number of anilines is 1. The Balaban J connectivity index is 1.66. The second-order valence-electron chi connectivity index (χ2n) is 6.09. The predicted molar refractivity (Wildman–Crippen MR) is 105 cm³/mol. The summed E-state index contributed by atoms with van der Waals surface area (Å²) in [6.45, 7) is 0.187. The van der Waals surface area contributed by atoms with Crippen LogP contribution in [0.1, 0.15) is 15.4 Å². The van der Waals surface area contributed by atoms with Gasteiger partial charge in [-0.05, 0) is 54.1 Å². The predicted octanol–water partition coefficient (Wildman–Crippen LogP) is 6.13. The van der Waals surface area contributed by atoms with Gasteiger partial charge in [-0.3, -0.25) is 9.69 Å². The maximum absolute atomic E-state index is 14.4. The highest BCUT2D eigenvalue weighted by Crippen LogP contribution is 2.31. The first-order valence-electron chi connectivity index (χ1n) is 8.56. The van der Waals surface area contributed by atoms with Crippen LogP contribution in [0, 0.1) is 11.6 Å². The molecule has 6 heteroatoms. The Bertz CT molecular complexity index is 1090. The summed E-state index contributed by atoms with van der Waals surface area (Å²) < 4.78 is 32.8. The Morgan fingerprint density at radius 2 is 1.71 bits per heavy atom. The standard InChI is InChI=1S/C22H15F2NO2S/c23-16-9-7-15(8-10-16)21-12-11-17(28-21)14-25(19-5-2-1-4-18(19)24)22(26)20-6-3-13-27-20/h1-13H,14H2. The number of para-hydroxylation sites is 1. The number of carbonyl (C=O) groups is 1. The SMILES string of the molecule is O=C(c1ccco1)N(Cc1ccc(-c2ccc(F)cc2)s1)c1ccccc1F. The van der Waals surface area contributed by atoms with Crippen LogP contribution in [0.2, 0.25) is 0 Å². The third kappa shape index (κ3) is 3.73. The number of hydrogen-bond donors (Lipinski definition) is 0. The number of furan rings is 1. The van der Waals surface area contributed by atoms with Gasteiger partial charge in [0.1, 0.15) is 11.6 Å². The fraction of sp³-hybridized carbons (Fsp3) is 0.0455. The van der Waals surface area contributed by atoms with Gasteiger partial charge in [0.15, 0.2) is 5.76 Å². The topological polar surface area (TPSA) is 33.5 Å². The summed E-state index contributed by atoms with van der Waals surface area (Å²) >= 11 is 1.47. The highest BCUT2D eigenvalue weighted by Gasteiger charge is 2.23. The van der Waals surface area contributed by atoms with E-state index in [2.05, 4.69) is 0 Å². The van der Waals surface area contributed by atoms with Crippen LogP contribution in [-0.4, -0.2) is 5.91 Å². The molecule has 0 aliphatic heterocycles. The minimum absolute atomic E-state index is 0.138. The van der Waals surface area contributed by atoms with E-state index in [1.165, 1.54) is 40.7 Å². The molecule has 2 aromatic carbocycles. The fourth-order valence-corrected chi connectivity index (χ4v) is 3.86. The molecule has 140 valence electrons. The Labute approximate surface area is 164 Å². The van der Waals surface area contributed by atoms with Crippen molar-refractivity contribution in [2.75, 3.05) is 4.90 Å². The van der Waals surface area contributed by atoms with Crippen molar-refractivity contribution < 1.29 is 18.0 Å². The molecule has 0 aliphatic rings. The van der Waals surface area contributed by atoms with Crippen molar-refractivity contribution in [2.24, 2.45) is 0 Å². The number of amides is 1. The van der Waals surface area contributed by atoms with E-state index in [0.717, 1.165) is 15.3 Å². The maximum Gasteiger partial charge on any atom is 0.294 e. The number of nitrogens with zero attached hydrogens (tertiary/aromatic N) is 1. The van der Waals surface area contributed by atoms with E-state index in [4.69, 9.17) is 4.42 Å². The number of halogens is 2. The van der Waals surface area contributed by atoms with E-state index in [1.54, 1.807) is 42.5 Å². The molecule has 2 heterocycles. The van der Waals surface area contributed by atoms with Gasteiger partial charge in [0.25, 0.3) is 5.91 Å². The van der Waals surface area contributed by atoms with Crippen LogP contribution < -0.4 is 4.90 Å². The molecule has 1 amide bonds. The lowest BCUT2D eigenvalue weighted by Gasteiger charge is -2.21. The van der Waals surface area contributed by atoms with Gasteiger partial charge in [0.05, 0.1) is 18.5 Å². The van der Waals surface area contributed by atoms with Crippen molar-refractivity contribution >= 4 is 22.9 Å². The number of thiophene rings is 1. The normalized spacial score (nSPS) is 10.8. The van der Waals surface area contributed by atoms with Crippen LogP contribution in [0.4, 0.5) is 14.5 Å². The van der Waals surface area contributed by atoms with Crippen LogP contribution in [0.15, 0.2) is 83.5 Å². The van der Waals surface area contributed by atoms with Gasteiger partial charge < -0.3 is 4.42 Å². The first-order valence-corrected chi connectivity index (χ1v) is 9.38. The summed E-state index contributed by atoms with van der Waals surface area (Å²) in [4.78, 5) is 16.1. The molecule has 0 N–H and O–H groups in total. The van der Waals surface area contributed by atoms with Gasteiger partial charge in [0.2, 0.25) is 0 Å². The van der Waals surface area contributed by atoms with E-state index >= 15 is 0 Å². The lowest BCUT2D eigenvalue weighted by Crippen LogP contribution is -2.30. The van der Waals surface area contributed by atoms with Crippen molar-refractivity contribution in [2.45, 2.75) is 6.54 Å². The van der Waals surface area contributed by atoms with Crippen LogP contribution >= 0.6 is 11.3 Å². The first-order chi connectivity index (χ1) is 13.6. The quantitative estimate of drug-likeness (QED) is 0.407. The average Bonchev–Trinajstić information content (AvgIpc) is 3.39. The van der Waals surface area contributed by atoms with Gasteiger partial charge in [0, 0.05) is 9.75 Å². The van der Waals surface area contributed by atoms with E-state index in [-0.39, 0.29) is 23.8 Å². The van der Waals surface area contributed by atoms with Gasteiger partial charge in [-0.2, -0.15) is 0 Å². The van der Waals surface area contributed by atoms with Gasteiger partial charge in [-0.15, -0.1) is 11.3 Å². The zero-order valence-electron chi connectivity index (χ0n) is 14.6. The maximum atomic E-state index is 14.4. The van der Waals surface area contributed by atoms with E-state index in [9.17, 15) is 13.6 Å². The Morgan fingerprint density at radius 3 is 2.43 bits per heavy atom. The molecule has 2 aromatic heterocycles. The highest BCUT2D eigenvalue weighted by molar-refractivity contribution is 7.15. The summed E-state index contributed by atoms with van der Waals surface area (Å²) in [6.07, 6.45) is 1.41. The second-order valence-corrected chi connectivity index (χ2v) is 7.26. The van der Waals surface area contributed by atoms with E-state index in [1.807, 2.05) is 12.1 Å². The largest absolute Gasteiger partial charge is 0.459 e. The fourth-order valence-electron chi connectivity index (χ4n) is 2.86. The molecule has 3 nitrogen and oxygen atoms in total. The molecule has 0 saturated carbocycles. The minimum atomic E-state index is -0.488. The van der Waals surface area contributed by atoms with Gasteiger partial charge in [-0.25, -0.2) is 8.78 Å². The average molecular weight is 395 g/mol. The number of hydrogen-bond acceptors (Lipinski definition) is 3. The number of carbonyl (C=O) groups excluding carboxylic acids is 1.